The minimum atomic E-state index is -0.398. The maximum absolute atomic E-state index is 11.8. The molecule has 1 aromatic heterocycles. The molecule has 0 radical (unpaired) electrons. The van der Waals surface area contributed by atoms with Gasteiger partial charge in [-0.3, -0.25) is 14.6 Å². The van der Waals surface area contributed by atoms with E-state index in [0.29, 0.717) is 11.3 Å². The van der Waals surface area contributed by atoms with Gasteiger partial charge in [0.1, 0.15) is 5.75 Å². The second-order valence-electron chi connectivity index (χ2n) is 4.48. The molecule has 0 aliphatic rings. The molecule has 0 spiro atoms. The van der Waals surface area contributed by atoms with Crippen LogP contribution in [0.1, 0.15) is 18.1 Å². The highest BCUT2D eigenvalue weighted by Crippen LogP contribution is 2.19. The van der Waals surface area contributed by atoms with E-state index in [1.165, 1.54) is 19.1 Å². The summed E-state index contributed by atoms with van der Waals surface area (Å²) in [5.41, 5.74) is 1.57. The van der Waals surface area contributed by atoms with E-state index in [9.17, 15) is 9.59 Å². The first-order chi connectivity index (χ1) is 10.6. The minimum absolute atomic E-state index is 0.158. The average Bonchev–Trinajstić information content (AvgIpc) is 2.52. The number of hydrogen-bond acceptors (Lipinski definition) is 4. The number of ketones is 1. The molecule has 4 nitrogen and oxygen atoms in total. The molecule has 0 saturated heterocycles. The molecule has 0 aliphatic carbocycles. The van der Waals surface area contributed by atoms with Gasteiger partial charge >= 0.3 is 5.97 Å². The number of carbonyl (C=O) groups is 2. The summed E-state index contributed by atoms with van der Waals surface area (Å²) < 4.78 is 5.08. The van der Waals surface area contributed by atoms with Crippen LogP contribution in [0.4, 0.5) is 0 Å². The zero-order valence-electron chi connectivity index (χ0n) is 12.1. The Morgan fingerprint density at radius 3 is 2.41 bits per heavy atom. The number of esters is 1. The topological polar surface area (TPSA) is 56.3 Å². The van der Waals surface area contributed by atoms with Crippen molar-refractivity contribution in [3.63, 3.8) is 0 Å². The smallest absolute Gasteiger partial charge is 0.308 e. The van der Waals surface area contributed by atoms with Gasteiger partial charge in [-0.2, -0.15) is 0 Å². The van der Waals surface area contributed by atoms with Crippen molar-refractivity contribution in [2.45, 2.75) is 6.92 Å². The third-order valence-electron chi connectivity index (χ3n) is 2.75. The Morgan fingerprint density at radius 2 is 1.68 bits per heavy atom. The summed E-state index contributed by atoms with van der Waals surface area (Å²) in [5, 5.41) is 0. The second-order valence-corrected chi connectivity index (χ2v) is 4.48. The number of rotatable bonds is 5. The fourth-order valence-corrected chi connectivity index (χ4v) is 1.75. The SMILES string of the molecule is CC(=O)Oc1ccccc1/C=C/C(=O)/C=C/c1ccncc1. The van der Waals surface area contributed by atoms with Crippen molar-refractivity contribution in [2.75, 3.05) is 0 Å². The lowest BCUT2D eigenvalue weighted by atomic mass is 10.1. The van der Waals surface area contributed by atoms with Gasteiger partial charge in [-0.25, -0.2) is 0 Å². The Morgan fingerprint density at radius 1 is 1.00 bits per heavy atom. The van der Waals surface area contributed by atoms with Gasteiger partial charge in [-0.05, 0) is 42.0 Å². The van der Waals surface area contributed by atoms with Crippen molar-refractivity contribution in [3.05, 3.63) is 72.1 Å². The number of pyridine rings is 1. The Hall–Kier alpha value is -3.01. The molecule has 22 heavy (non-hydrogen) atoms. The minimum Gasteiger partial charge on any atom is -0.426 e. The predicted octanol–water partition coefficient (Wildman–Crippen LogP) is 3.30. The predicted molar refractivity (Wildman–Crippen MR) is 85.1 cm³/mol. The molecule has 0 aliphatic heterocycles. The molecule has 1 aromatic carbocycles. The van der Waals surface area contributed by atoms with E-state index >= 15 is 0 Å². The standard InChI is InChI=1S/C18H15NO3/c1-14(20)22-18-5-3-2-4-16(18)7-9-17(21)8-6-15-10-12-19-13-11-15/h2-13H,1H3/b8-6+,9-7+. The van der Waals surface area contributed by atoms with Crippen LogP contribution in [-0.4, -0.2) is 16.7 Å². The number of carbonyl (C=O) groups excluding carboxylic acids is 2. The number of allylic oxidation sites excluding steroid dienone is 2. The highest BCUT2D eigenvalue weighted by Gasteiger charge is 2.02. The van der Waals surface area contributed by atoms with E-state index in [2.05, 4.69) is 4.98 Å². The second kappa shape index (κ2) is 7.69. The van der Waals surface area contributed by atoms with Gasteiger partial charge < -0.3 is 4.74 Å². The lowest BCUT2D eigenvalue weighted by Gasteiger charge is -2.04. The first-order valence-corrected chi connectivity index (χ1v) is 6.73. The largest absolute Gasteiger partial charge is 0.426 e. The fraction of sp³-hybridized carbons (Fsp3) is 0.0556. The Balaban J connectivity index is 2.07. The number of aromatic nitrogens is 1. The Kier molecular flexibility index (Phi) is 5.37. The van der Waals surface area contributed by atoms with Crippen molar-refractivity contribution >= 4 is 23.9 Å². The average molecular weight is 293 g/mol. The van der Waals surface area contributed by atoms with Crippen molar-refractivity contribution in [1.82, 2.24) is 4.98 Å². The van der Waals surface area contributed by atoms with Gasteiger partial charge in [-0.15, -0.1) is 0 Å². The molecule has 1 heterocycles. The van der Waals surface area contributed by atoms with E-state index in [4.69, 9.17) is 4.74 Å². The normalized spacial score (nSPS) is 11.0. The molecule has 0 unspecified atom stereocenters. The van der Waals surface area contributed by atoms with Gasteiger partial charge in [0.25, 0.3) is 0 Å². The molecule has 110 valence electrons. The van der Waals surface area contributed by atoms with Gasteiger partial charge in [-0.1, -0.05) is 24.3 Å². The molecule has 0 N–H and O–H groups in total. The molecular weight excluding hydrogens is 278 g/mol. The van der Waals surface area contributed by atoms with Gasteiger partial charge in [0.2, 0.25) is 0 Å². The summed E-state index contributed by atoms with van der Waals surface area (Å²) in [6.07, 6.45) is 9.56. The molecule has 2 aromatic rings. The summed E-state index contributed by atoms with van der Waals surface area (Å²) >= 11 is 0. The fourth-order valence-electron chi connectivity index (χ4n) is 1.75. The summed E-state index contributed by atoms with van der Waals surface area (Å²) in [7, 11) is 0. The number of hydrogen-bond donors (Lipinski definition) is 0. The summed E-state index contributed by atoms with van der Waals surface area (Å²) in [6.45, 7) is 1.34. The van der Waals surface area contributed by atoms with Crippen molar-refractivity contribution in [1.29, 1.82) is 0 Å². The highest BCUT2D eigenvalue weighted by atomic mass is 16.5. The number of benzene rings is 1. The van der Waals surface area contributed by atoms with Gasteiger partial charge in [0, 0.05) is 24.9 Å². The van der Waals surface area contributed by atoms with Crippen LogP contribution in [0.2, 0.25) is 0 Å². The van der Waals surface area contributed by atoms with Gasteiger partial charge in [0.15, 0.2) is 5.78 Å². The van der Waals surface area contributed by atoms with Crippen molar-refractivity contribution in [3.8, 4) is 5.75 Å². The monoisotopic (exact) mass is 293 g/mol. The molecule has 2 rings (SSSR count). The van der Waals surface area contributed by atoms with E-state index < -0.39 is 5.97 Å². The zero-order valence-corrected chi connectivity index (χ0v) is 12.1. The van der Waals surface area contributed by atoms with Crippen molar-refractivity contribution < 1.29 is 14.3 Å². The van der Waals surface area contributed by atoms with Crippen LogP contribution in [0.3, 0.4) is 0 Å². The van der Waals surface area contributed by atoms with Crippen LogP contribution in [0.5, 0.6) is 5.75 Å². The molecule has 4 heteroatoms. The van der Waals surface area contributed by atoms with E-state index in [-0.39, 0.29) is 5.78 Å². The number of ether oxygens (including phenoxy) is 1. The number of nitrogens with zero attached hydrogens (tertiary/aromatic N) is 1. The molecule has 0 bridgehead atoms. The third-order valence-corrected chi connectivity index (χ3v) is 2.75. The Labute approximate surface area is 128 Å². The summed E-state index contributed by atoms with van der Waals surface area (Å²) in [5.74, 6) is -0.128. The van der Waals surface area contributed by atoms with Crippen LogP contribution < -0.4 is 4.74 Å². The molecule has 0 saturated carbocycles. The summed E-state index contributed by atoms with van der Waals surface area (Å²) in [4.78, 5) is 26.8. The highest BCUT2D eigenvalue weighted by molar-refractivity contribution is 6.04. The van der Waals surface area contributed by atoms with Crippen LogP contribution in [0.25, 0.3) is 12.2 Å². The van der Waals surface area contributed by atoms with E-state index in [1.54, 1.807) is 42.7 Å². The lowest BCUT2D eigenvalue weighted by molar-refractivity contribution is -0.131. The zero-order chi connectivity index (χ0) is 15.8. The maximum atomic E-state index is 11.8. The molecule has 0 atom stereocenters. The van der Waals surface area contributed by atoms with Gasteiger partial charge in [0.05, 0.1) is 0 Å². The molecule has 0 fully saturated rings. The maximum Gasteiger partial charge on any atom is 0.308 e. The first kappa shape index (κ1) is 15.4. The lowest BCUT2D eigenvalue weighted by Crippen LogP contribution is -2.02. The third kappa shape index (κ3) is 4.83. The summed E-state index contributed by atoms with van der Waals surface area (Å²) in [6, 6.07) is 10.6. The van der Waals surface area contributed by atoms with Crippen LogP contribution in [0.15, 0.2) is 60.9 Å². The first-order valence-electron chi connectivity index (χ1n) is 6.73. The van der Waals surface area contributed by atoms with Crippen LogP contribution in [0, 0.1) is 0 Å². The van der Waals surface area contributed by atoms with E-state index in [1.807, 2.05) is 18.2 Å². The van der Waals surface area contributed by atoms with Crippen molar-refractivity contribution in [2.24, 2.45) is 0 Å². The van der Waals surface area contributed by atoms with Crippen LogP contribution in [-0.2, 0) is 9.59 Å². The van der Waals surface area contributed by atoms with E-state index in [0.717, 1.165) is 5.56 Å². The quantitative estimate of drug-likeness (QED) is 0.482. The number of para-hydroxylation sites is 1. The van der Waals surface area contributed by atoms with Crippen LogP contribution >= 0.6 is 0 Å². The molecular formula is C18H15NO3. The molecule has 0 amide bonds. The Bertz CT molecular complexity index is 718.